The summed E-state index contributed by atoms with van der Waals surface area (Å²) in [6, 6.07) is 0. The summed E-state index contributed by atoms with van der Waals surface area (Å²) in [6.07, 6.45) is -0.0563. The van der Waals surface area contributed by atoms with E-state index in [2.05, 4.69) is 9.89 Å². The maximum Gasteiger partial charge on any atom is 0.233 e. The topological polar surface area (TPSA) is 34.1 Å². The van der Waals surface area contributed by atoms with E-state index in [0.29, 0.717) is 19.1 Å². The van der Waals surface area contributed by atoms with Gasteiger partial charge in [-0.3, -0.25) is 0 Å². The summed E-state index contributed by atoms with van der Waals surface area (Å²) in [5, 5.41) is 0. The highest BCUT2D eigenvalue weighted by molar-refractivity contribution is 5.87. The summed E-state index contributed by atoms with van der Waals surface area (Å²) in [5.41, 5.74) is 1.95. The second-order valence-electron chi connectivity index (χ2n) is 3.50. The maximum atomic E-state index is 5.61. The molecule has 0 aromatic heterocycles. The molecule has 0 bridgehead atoms. The predicted molar refractivity (Wildman–Crippen MR) is 60.6 cm³/mol. The number of rotatable bonds is 4. The lowest BCUT2D eigenvalue weighted by Gasteiger charge is -2.33. The number of nitrogens with zero attached hydrogens (tertiary/aromatic N) is 2. The summed E-state index contributed by atoms with van der Waals surface area (Å²) >= 11 is 0. The van der Waals surface area contributed by atoms with Crippen LogP contribution in [0.3, 0.4) is 0 Å². The highest BCUT2D eigenvalue weighted by atomic mass is 16.5. The molecule has 0 saturated carbocycles. The van der Waals surface area contributed by atoms with Crippen molar-refractivity contribution in [3.05, 3.63) is 11.6 Å². The molecule has 1 aliphatic heterocycles. The number of aliphatic imine (C=N–C) groups is 1. The van der Waals surface area contributed by atoms with Gasteiger partial charge in [0.15, 0.2) is 6.23 Å². The van der Waals surface area contributed by atoms with Crippen molar-refractivity contribution in [1.29, 1.82) is 0 Å². The summed E-state index contributed by atoms with van der Waals surface area (Å²) in [4.78, 5) is 6.46. The van der Waals surface area contributed by atoms with Gasteiger partial charge in [0.05, 0.1) is 18.0 Å². The van der Waals surface area contributed by atoms with Crippen molar-refractivity contribution in [2.24, 2.45) is 4.99 Å². The number of hydrogen-bond donors (Lipinski definition) is 0. The van der Waals surface area contributed by atoms with Crippen LogP contribution in [-0.4, -0.2) is 37.1 Å². The normalized spacial score (nSPS) is 21.8. The van der Waals surface area contributed by atoms with Crippen molar-refractivity contribution in [3.63, 3.8) is 0 Å². The second kappa shape index (κ2) is 5.16. The Morgan fingerprint density at radius 2 is 1.93 bits per heavy atom. The average molecular weight is 212 g/mol. The molecular formula is C11H20N2O2. The van der Waals surface area contributed by atoms with E-state index in [1.807, 2.05) is 34.7 Å². The minimum Gasteiger partial charge on any atom is -0.477 e. The van der Waals surface area contributed by atoms with Crippen molar-refractivity contribution >= 4 is 5.71 Å². The highest BCUT2D eigenvalue weighted by Gasteiger charge is 2.25. The number of hydrogen-bond acceptors (Lipinski definition) is 4. The third-order valence-electron chi connectivity index (χ3n) is 2.43. The molecule has 0 radical (unpaired) electrons. The summed E-state index contributed by atoms with van der Waals surface area (Å²) < 4.78 is 11.1. The lowest BCUT2D eigenvalue weighted by atomic mass is 10.2. The monoisotopic (exact) mass is 212 g/mol. The third-order valence-corrected chi connectivity index (χ3v) is 2.43. The predicted octanol–water partition coefficient (Wildman–Crippen LogP) is 1.98. The van der Waals surface area contributed by atoms with Gasteiger partial charge in [-0.15, -0.1) is 0 Å². The van der Waals surface area contributed by atoms with Crippen molar-refractivity contribution < 1.29 is 9.47 Å². The highest BCUT2D eigenvalue weighted by Crippen LogP contribution is 2.21. The molecule has 4 nitrogen and oxygen atoms in total. The van der Waals surface area contributed by atoms with Gasteiger partial charge in [0.1, 0.15) is 0 Å². The molecule has 1 rings (SSSR count). The van der Waals surface area contributed by atoms with Gasteiger partial charge >= 0.3 is 0 Å². The first-order valence-corrected chi connectivity index (χ1v) is 5.35. The van der Waals surface area contributed by atoms with Crippen LogP contribution in [0.1, 0.15) is 27.7 Å². The van der Waals surface area contributed by atoms with Gasteiger partial charge in [0.25, 0.3) is 0 Å². The molecule has 0 saturated heterocycles. The second-order valence-corrected chi connectivity index (χ2v) is 3.50. The first-order chi connectivity index (χ1) is 7.11. The average Bonchev–Trinajstić information content (AvgIpc) is 2.21. The fourth-order valence-corrected chi connectivity index (χ4v) is 1.57. The van der Waals surface area contributed by atoms with E-state index in [0.717, 1.165) is 11.4 Å². The standard InChI is InChI=1S/C11H20N2O2/c1-6-14-10-9(4)13(5)11(15-7-2)8(3)12-10/h11H,6-7H2,1-5H3. The van der Waals surface area contributed by atoms with Crippen molar-refractivity contribution in [2.75, 3.05) is 20.3 Å². The van der Waals surface area contributed by atoms with Gasteiger partial charge in [-0.25, -0.2) is 4.99 Å². The molecule has 0 spiro atoms. The van der Waals surface area contributed by atoms with E-state index in [1.54, 1.807) is 0 Å². The molecule has 1 atom stereocenters. The van der Waals surface area contributed by atoms with Crippen LogP contribution in [0.5, 0.6) is 0 Å². The van der Waals surface area contributed by atoms with E-state index in [1.165, 1.54) is 0 Å². The van der Waals surface area contributed by atoms with E-state index in [9.17, 15) is 0 Å². The van der Waals surface area contributed by atoms with Crippen LogP contribution in [-0.2, 0) is 9.47 Å². The van der Waals surface area contributed by atoms with Crippen molar-refractivity contribution in [2.45, 2.75) is 33.9 Å². The maximum absolute atomic E-state index is 5.61. The molecule has 0 fully saturated rings. The van der Waals surface area contributed by atoms with Crippen LogP contribution in [0.15, 0.2) is 16.6 Å². The molecule has 15 heavy (non-hydrogen) atoms. The molecule has 0 aromatic rings. The molecule has 4 heteroatoms. The lowest BCUT2D eigenvalue weighted by Crippen LogP contribution is -2.41. The zero-order chi connectivity index (χ0) is 11.4. The minimum absolute atomic E-state index is 0.0563. The lowest BCUT2D eigenvalue weighted by molar-refractivity contribution is 0.0148. The van der Waals surface area contributed by atoms with E-state index in [-0.39, 0.29) is 6.23 Å². The molecule has 0 N–H and O–H groups in total. The number of allylic oxidation sites excluding steroid dienone is 1. The molecule has 0 amide bonds. The van der Waals surface area contributed by atoms with Gasteiger partial charge < -0.3 is 14.4 Å². The van der Waals surface area contributed by atoms with Crippen LogP contribution in [0.4, 0.5) is 0 Å². The third kappa shape index (κ3) is 2.50. The quantitative estimate of drug-likeness (QED) is 0.714. The first-order valence-electron chi connectivity index (χ1n) is 5.35. The van der Waals surface area contributed by atoms with Gasteiger partial charge in [0.2, 0.25) is 5.88 Å². The van der Waals surface area contributed by atoms with E-state index >= 15 is 0 Å². The largest absolute Gasteiger partial charge is 0.477 e. The molecule has 1 heterocycles. The van der Waals surface area contributed by atoms with Crippen LogP contribution < -0.4 is 0 Å². The van der Waals surface area contributed by atoms with Crippen LogP contribution >= 0.6 is 0 Å². The molecule has 86 valence electrons. The van der Waals surface area contributed by atoms with Gasteiger partial charge in [-0.05, 0) is 27.7 Å². The number of ether oxygens (including phenoxy) is 2. The minimum atomic E-state index is -0.0563. The molecule has 0 aromatic carbocycles. The van der Waals surface area contributed by atoms with Crippen LogP contribution in [0.2, 0.25) is 0 Å². The summed E-state index contributed by atoms with van der Waals surface area (Å²) in [5.74, 6) is 0.702. The van der Waals surface area contributed by atoms with E-state index < -0.39 is 0 Å². The Balaban J connectivity index is 2.88. The smallest absolute Gasteiger partial charge is 0.233 e. The molecular weight excluding hydrogens is 192 g/mol. The molecule has 0 aliphatic carbocycles. The SMILES string of the molecule is CCOC1=C(C)N(C)C(OCC)C(C)=N1. The Bertz CT molecular complexity index is 284. The Morgan fingerprint density at radius 3 is 2.47 bits per heavy atom. The molecule has 1 unspecified atom stereocenters. The fourth-order valence-electron chi connectivity index (χ4n) is 1.57. The van der Waals surface area contributed by atoms with Crippen LogP contribution in [0.25, 0.3) is 0 Å². The Hall–Kier alpha value is -1.03. The van der Waals surface area contributed by atoms with Gasteiger partial charge in [-0.2, -0.15) is 0 Å². The zero-order valence-electron chi connectivity index (χ0n) is 10.2. The van der Waals surface area contributed by atoms with Gasteiger partial charge in [-0.1, -0.05) is 0 Å². The summed E-state index contributed by atoms with van der Waals surface area (Å²) in [6.45, 7) is 9.21. The first kappa shape index (κ1) is 12.0. The van der Waals surface area contributed by atoms with E-state index in [4.69, 9.17) is 9.47 Å². The summed E-state index contributed by atoms with van der Waals surface area (Å²) in [7, 11) is 1.99. The Kier molecular flexibility index (Phi) is 4.15. The zero-order valence-corrected chi connectivity index (χ0v) is 10.2. The van der Waals surface area contributed by atoms with Crippen LogP contribution in [0, 0.1) is 0 Å². The Labute approximate surface area is 91.6 Å². The van der Waals surface area contributed by atoms with Crippen molar-refractivity contribution in [1.82, 2.24) is 4.90 Å². The molecule has 1 aliphatic rings. The van der Waals surface area contributed by atoms with Gasteiger partial charge in [0, 0.05) is 13.7 Å². The fraction of sp³-hybridized carbons (Fsp3) is 0.727. The Morgan fingerprint density at radius 1 is 1.27 bits per heavy atom. The van der Waals surface area contributed by atoms with Crippen molar-refractivity contribution in [3.8, 4) is 0 Å².